The van der Waals surface area contributed by atoms with E-state index in [0.717, 1.165) is 0 Å². The first kappa shape index (κ1) is 19.1. The summed E-state index contributed by atoms with van der Waals surface area (Å²) in [7, 11) is -3.87. The van der Waals surface area contributed by atoms with Gasteiger partial charge in [0, 0.05) is 6.07 Å². The molecular weight excluding hydrogens is 382 g/mol. The fraction of sp³-hybridized carbons (Fsp3) is 0. The van der Waals surface area contributed by atoms with E-state index in [-0.39, 0.29) is 27.5 Å². The van der Waals surface area contributed by atoms with Crippen LogP contribution in [0.25, 0.3) is 0 Å². The van der Waals surface area contributed by atoms with Gasteiger partial charge in [0.2, 0.25) is 0 Å². The molecule has 0 aromatic heterocycles. The van der Waals surface area contributed by atoms with Crippen molar-refractivity contribution in [2.45, 2.75) is 4.90 Å². The van der Waals surface area contributed by atoms with Crippen LogP contribution in [-0.4, -0.2) is 19.2 Å². The third-order valence-corrected chi connectivity index (χ3v) is 5.20. The van der Waals surface area contributed by atoms with E-state index < -0.39 is 20.9 Å². The molecule has 1 amide bonds. The Labute approximate surface area is 161 Å². The van der Waals surface area contributed by atoms with Crippen molar-refractivity contribution in [2.75, 3.05) is 10.0 Å². The van der Waals surface area contributed by atoms with Gasteiger partial charge in [-0.25, -0.2) is 8.42 Å². The number of hydrogen-bond donors (Lipinski definition) is 2. The number of carbonyl (C=O) groups is 1. The third kappa shape index (κ3) is 4.15. The first-order chi connectivity index (χ1) is 13.4. The number of carbonyl (C=O) groups excluding carboxylic acids is 1. The molecule has 0 saturated heterocycles. The summed E-state index contributed by atoms with van der Waals surface area (Å²) in [5.74, 6) is -0.723. The van der Waals surface area contributed by atoms with Crippen molar-refractivity contribution in [3.8, 4) is 0 Å². The average molecular weight is 397 g/mol. The van der Waals surface area contributed by atoms with Gasteiger partial charge in [-0.2, -0.15) is 0 Å². The zero-order chi connectivity index (χ0) is 20.1. The van der Waals surface area contributed by atoms with Crippen LogP contribution in [0.5, 0.6) is 0 Å². The van der Waals surface area contributed by atoms with Gasteiger partial charge >= 0.3 is 0 Å². The predicted octanol–water partition coefficient (Wildman–Crippen LogP) is 3.65. The lowest BCUT2D eigenvalue weighted by Gasteiger charge is -2.13. The molecule has 0 spiro atoms. The maximum atomic E-state index is 12.5. The van der Waals surface area contributed by atoms with Gasteiger partial charge in [0.15, 0.2) is 0 Å². The highest BCUT2D eigenvalue weighted by atomic mass is 32.2. The summed E-state index contributed by atoms with van der Waals surface area (Å²) in [5, 5.41) is 13.6. The van der Waals surface area contributed by atoms with Gasteiger partial charge in [-0.05, 0) is 30.3 Å². The fourth-order valence-corrected chi connectivity index (χ4v) is 3.60. The Kier molecular flexibility index (Phi) is 5.37. The standard InChI is InChI=1S/C19H15N3O5S/c23-19(15-10-4-7-13-18(15)22(24)25)20-16-11-5-6-12-17(16)21-28(26,27)14-8-2-1-3-9-14/h1-13,21H,(H,20,23). The van der Waals surface area contributed by atoms with Gasteiger partial charge in [-0.1, -0.05) is 42.5 Å². The van der Waals surface area contributed by atoms with Crippen LogP contribution < -0.4 is 10.0 Å². The van der Waals surface area contributed by atoms with E-state index in [1.165, 1.54) is 48.5 Å². The molecule has 9 heteroatoms. The van der Waals surface area contributed by atoms with Crippen LogP contribution >= 0.6 is 0 Å². The molecule has 142 valence electrons. The number of sulfonamides is 1. The molecule has 0 aliphatic rings. The number of para-hydroxylation sites is 3. The van der Waals surface area contributed by atoms with Gasteiger partial charge in [-0.15, -0.1) is 0 Å². The van der Waals surface area contributed by atoms with E-state index in [9.17, 15) is 23.3 Å². The molecule has 8 nitrogen and oxygen atoms in total. The van der Waals surface area contributed by atoms with Crippen molar-refractivity contribution in [1.82, 2.24) is 0 Å². The second-order valence-corrected chi connectivity index (χ2v) is 7.37. The highest BCUT2D eigenvalue weighted by molar-refractivity contribution is 7.92. The van der Waals surface area contributed by atoms with Crippen LogP contribution in [0.2, 0.25) is 0 Å². The molecule has 0 saturated carbocycles. The Balaban J connectivity index is 1.90. The molecule has 3 rings (SSSR count). The number of nitrogens with one attached hydrogen (secondary N) is 2. The number of amides is 1. The Bertz CT molecular complexity index is 1130. The van der Waals surface area contributed by atoms with Crippen molar-refractivity contribution in [3.05, 3.63) is 94.5 Å². The van der Waals surface area contributed by atoms with Gasteiger partial charge in [0.25, 0.3) is 21.6 Å². The molecule has 0 unspecified atom stereocenters. The summed E-state index contributed by atoms with van der Waals surface area (Å²) in [5.41, 5.74) is -0.168. The number of nitro groups is 1. The molecule has 0 bridgehead atoms. The molecule has 0 radical (unpaired) electrons. The second-order valence-electron chi connectivity index (χ2n) is 5.69. The highest BCUT2D eigenvalue weighted by Crippen LogP contribution is 2.26. The SMILES string of the molecule is O=C(Nc1ccccc1NS(=O)(=O)c1ccccc1)c1ccccc1[N+](=O)[O-]. The van der Waals surface area contributed by atoms with E-state index in [0.29, 0.717) is 0 Å². The molecule has 2 N–H and O–H groups in total. The predicted molar refractivity (Wildman–Crippen MR) is 105 cm³/mol. The molecule has 28 heavy (non-hydrogen) atoms. The summed E-state index contributed by atoms with van der Waals surface area (Å²) in [4.78, 5) is 23.1. The van der Waals surface area contributed by atoms with Gasteiger partial charge in [0.05, 0.1) is 21.2 Å². The number of anilines is 2. The van der Waals surface area contributed by atoms with Crippen LogP contribution in [0.15, 0.2) is 83.8 Å². The smallest absolute Gasteiger partial charge is 0.282 e. The topological polar surface area (TPSA) is 118 Å². The lowest BCUT2D eigenvalue weighted by atomic mass is 10.1. The third-order valence-electron chi connectivity index (χ3n) is 3.82. The number of nitrogens with zero attached hydrogens (tertiary/aromatic N) is 1. The molecule has 0 fully saturated rings. The van der Waals surface area contributed by atoms with Crippen molar-refractivity contribution in [1.29, 1.82) is 0 Å². The minimum atomic E-state index is -3.87. The van der Waals surface area contributed by atoms with Crippen LogP contribution in [0.4, 0.5) is 17.1 Å². The van der Waals surface area contributed by atoms with E-state index in [4.69, 9.17) is 0 Å². The van der Waals surface area contributed by atoms with Gasteiger partial charge < -0.3 is 5.32 Å². The van der Waals surface area contributed by atoms with Crippen LogP contribution in [0.3, 0.4) is 0 Å². The number of benzene rings is 3. The lowest BCUT2D eigenvalue weighted by molar-refractivity contribution is -0.385. The normalized spacial score (nSPS) is 10.9. The van der Waals surface area contributed by atoms with Crippen LogP contribution in [0.1, 0.15) is 10.4 Å². The minimum Gasteiger partial charge on any atom is -0.320 e. The summed E-state index contributed by atoms with van der Waals surface area (Å²) < 4.78 is 27.5. The van der Waals surface area contributed by atoms with E-state index in [2.05, 4.69) is 10.0 Å². The summed E-state index contributed by atoms with van der Waals surface area (Å²) in [6.45, 7) is 0. The largest absolute Gasteiger partial charge is 0.320 e. The van der Waals surface area contributed by atoms with Crippen molar-refractivity contribution in [3.63, 3.8) is 0 Å². The summed E-state index contributed by atoms with van der Waals surface area (Å²) >= 11 is 0. The molecular formula is C19H15N3O5S. The van der Waals surface area contributed by atoms with Gasteiger partial charge in [0.1, 0.15) is 5.56 Å². The second kappa shape index (κ2) is 7.89. The summed E-state index contributed by atoms with van der Waals surface area (Å²) in [6.07, 6.45) is 0. The van der Waals surface area contributed by atoms with Crippen LogP contribution in [-0.2, 0) is 10.0 Å². The highest BCUT2D eigenvalue weighted by Gasteiger charge is 2.21. The van der Waals surface area contributed by atoms with Gasteiger partial charge in [-0.3, -0.25) is 19.6 Å². The van der Waals surface area contributed by atoms with E-state index in [1.807, 2.05) is 0 Å². The number of nitro benzene ring substituents is 1. The number of rotatable bonds is 6. The first-order valence-electron chi connectivity index (χ1n) is 8.10. The average Bonchev–Trinajstić information content (AvgIpc) is 2.70. The zero-order valence-corrected chi connectivity index (χ0v) is 15.2. The summed E-state index contributed by atoms with van der Waals surface area (Å²) in [6, 6.07) is 19.5. The van der Waals surface area contributed by atoms with Crippen molar-refractivity contribution < 1.29 is 18.1 Å². The Hall–Kier alpha value is -3.72. The van der Waals surface area contributed by atoms with Crippen molar-refractivity contribution >= 4 is 33.0 Å². The van der Waals surface area contributed by atoms with Crippen molar-refractivity contribution in [2.24, 2.45) is 0 Å². The molecule has 3 aromatic carbocycles. The maximum absolute atomic E-state index is 12.5. The quantitative estimate of drug-likeness (QED) is 0.486. The first-order valence-corrected chi connectivity index (χ1v) is 9.58. The van der Waals surface area contributed by atoms with E-state index >= 15 is 0 Å². The fourth-order valence-electron chi connectivity index (χ4n) is 2.50. The van der Waals surface area contributed by atoms with E-state index in [1.54, 1.807) is 30.3 Å². The van der Waals surface area contributed by atoms with Crippen LogP contribution in [0, 0.1) is 10.1 Å². The molecule has 0 heterocycles. The molecule has 0 aliphatic heterocycles. The minimum absolute atomic E-state index is 0.0647. The number of hydrogen-bond acceptors (Lipinski definition) is 5. The monoisotopic (exact) mass is 397 g/mol. The maximum Gasteiger partial charge on any atom is 0.282 e. The zero-order valence-electron chi connectivity index (χ0n) is 14.4. The molecule has 3 aromatic rings. The molecule has 0 atom stereocenters. The lowest BCUT2D eigenvalue weighted by Crippen LogP contribution is -2.17. The molecule has 0 aliphatic carbocycles. The Morgan fingerprint density at radius 2 is 1.39 bits per heavy atom. The Morgan fingerprint density at radius 3 is 2.07 bits per heavy atom. The Morgan fingerprint density at radius 1 is 0.821 bits per heavy atom.